The number of carbonyl (C=O) groups excluding carboxylic acids is 1. The fourth-order valence-electron chi connectivity index (χ4n) is 4.62. The summed E-state index contributed by atoms with van der Waals surface area (Å²) in [4.78, 5) is 10.3. The smallest absolute Gasteiger partial charge is 0.243 e. The van der Waals surface area contributed by atoms with Gasteiger partial charge in [-0.15, -0.1) is 0 Å². The van der Waals surface area contributed by atoms with E-state index in [0.29, 0.717) is 6.42 Å². The van der Waals surface area contributed by atoms with Crippen LogP contribution in [0.2, 0.25) is 0 Å². The minimum Gasteiger partial charge on any atom is -0.550 e. The van der Waals surface area contributed by atoms with Crippen molar-refractivity contribution in [1.29, 1.82) is 0 Å². The number of rotatable bonds is 22. The molecule has 1 aromatic rings. The zero-order valence-electron chi connectivity index (χ0n) is 24.2. The monoisotopic (exact) mass is 492 g/mol. The second-order valence-electron chi connectivity index (χ2n) is 10.5. The van der Waals surface area contributed by atoms with E-state index in [-0.39, 0.29) is 5.92 Å². The van der Waals surface area contributed by atoms with Crippen molar-refractivity contribution >= 4 is 5.97 Å². The standard InChI is InChI=1S/C23H45N2.C8H16O2/c1-4-7-9-10-11-12-13-14-15-16-18-24-19-20-25(22-24)21-23(6-3)17-8-5-2;1-3-5-6-7(4-2)8(9)10/h19-20,22-23H,4-18,21H2,1-3H3;7H,3-6H2,1-2H3,(H,9,10)/q+1;/p-1. The lowest BCUT2D eigenvalue weighted by Crippen LogP contribution is -2.35. The summed E-state index contributed by atoms with van der Waals surface area (Å²) >= 11 is 0. The van der Waals surface area contributed by atoms with E-state index in [9.17, 15) is 9.90 Å². The number of nitrogens with zero attached hydrogens (tertiary/aromatic N) is 2. The third kappa shape index (κ3) is 19.5. The summed E-state index contributed by atoms with van der Waals surface area (Å²) in [5.41, 5.74) is 0. The fraction of sp³-hybridized carbons (Fsp3) is 0.871. The van der Waals surface area contributed by atoms with Gasteiger partial charge in [-0.25, -0.2) is 9.13 Å². The molecular formula is C31H60N2O2. The minimum absolute atomic E-state index is 0.222. The predicted octanol–water partition coefficient (Wildman–Crippen LogP) is 7.87. The fourth-order valence-corrected chi connectivity index (χ4v) is 4.62. The van der Waals surface area contributed by atoms with Crippen LogP contribution in [0, 0.1) is 11.8 Å². The van der Waals surface area contributed by atoms with Crippen molar-refractivity contribution in [2.24, 2.45) is 11.8 Å². The summed E-state index contributed by atoms with van der Waals surface area (Å²) in [6, 6.07) is 0. The first kappa shape index (κ1) is 33.7. The first-order chi connectivity index (χ1) is 17.0. The number of unbranched alkanes of at least 4 members (excludes halogenated alkanes) is 11. The van der Waals surface area contributed by atoms with E-state index in [4.69, 9.17) is 0 Å². The van der Waals surface area contributed by atoms with Crippen LogP contribution in [0.3, 0.4) is 0 Å². The average Bonchev–Trinajstić information content (AvgIpc) is 3.30. The number of hydrogen-bond acceptors (Lipinski definition) is 2. The van der Waals surface area contributed by atoms with E-state index in [0.717, 1.165) is 25.2 Å². The Bertz CT molecular complexity index is 584. The third-order valence-corrected chi connectivity index (χ3v) is 7.26. The molecule has 2 atom stereocenters. The highest BCUT2D eigenvalue weighted by atomic mass is 16.4. The van der Waals surface area contributed by atoms with Gasteiger partial charge in [0.05, 0.1) is 13.1 Å². The topological polar surface area (TPSA) is 48.9 Å². The van der Waals surface area contributed by atoms with Crippen molar-refractivity contribution in [1.82, 2.24) is 4.57 Å². The normalized spacial score (nSPS) is 12.7. The number of hydrogen-bond donors (Lipinski definition) is 0. The zero-order chi connectivity index (χ0) is 26.2. The highest BCUT2D eigenvalue weighted by molar-refractivity contribution is 5.67. The number of aliphatic carboxylic acids is 1. The molecule has 1 heterocycles. The van der Waals surface area contributed by atoms with Gasteiger partial charge in [-0.2, -0.15) is 0 Å². The quantitative estimate of drug-likeness (QED) is 0.122. The van der Waals surface area contributed by atoms with Crippen molar-refractivity contribution in [2.75, 3.05) is 0 Å². The molecule has 2 unspecified atom stereocenters. The predicted molar refractivity (Wildman–Crippen MR) is 148 cm³/mol. The van der Waals surface area contributed by atoms with Crippen LogP contribution < -0.4 is 9.67 Å². The molecule has 1 rings (SSSR count). The van der Waals surface area contributed by atoms with Gasteiger partial charge in [0, 0.05) is 5.97 Å². The van der Waals surface area contributed by atoms with Crippen LogP contribution in [-0.4, -0.2) is 10.5 Å². The number of imidazole rings is 1. The number of aromatic nitrogens is 2. The van der Waals surface area contributed by atoms with Gasteiger partial charge < -0.3 is 9.90 Å². The van der Waals surface area contributed by atoms with E-state index < -0.39 is 5.97 Å². The molecule has 0 fully saturated rings. The molecule has 0 N–H and O–H groups in total. The second-order valence-corrected chi connectivity index (χ2v) is 10.5. The number of carbonyl (C=O) groups is 1. The summed E-state index contributed by atoms with van der Waals surface area (Å²) in [7, 11) is 0. The number of aryl methyl sites for hydroxylation is 1. The Labute approximate surface area is 218 Å². The van der Waals surface area contributed by atoms with Crippen LogP contribution >= 0.6 is 0 Å². The molecule has 0 aliphatic heterocycles. The van der Waals surface area contributed by atoms with Crippen LogP contribution in [0.5, 0.6) is 0 Å². The Morgan fingerprint density at radius 1 is 0.743 bits per heavy atom. The molecular weight excluding hydrogens is 432 g/mol. The lowest BCUT2D eigenvalue weighted by Gasteiger charge is -2.14. The van der Waals surface area contributed by atoms with Crippen molar-refractivity contribution in [3.8, 4) is 0 Å². The van der Waals surface area contributed by atoms with E-state index in [1.807, 2.05) is 6.92 Å². The SMILES string of the molecule is CCCCC(CC)C(=O)[O-].CCCCCCCCCCCCn1cc[n+](CC(CC)CCCC)c1. The maximum Gasteiger partial charge on any atom is 0.243 e. The molecule has 4 nitrogen and oxygen atoms in total. The molecule has 0 aromatic carbocycles. The summed E-state index contributed by atoms with van der Waals surface area (Å²) in [6.07, 6.45) is 29.9. The maximum atomic E-state index is 10.3. The first-order valence-electron chi connectivity index (χ1n) is 15.3. The minimum atomic E-state index is -0.893. The number of carboxylic acid groups (broad SMARTS) is 1. The molecule has 206 valence electrons. The molecule has 35 heavy (non-hydrogen) atoms. The Hall–Kier alpha value is -1.32. The van der Waals surface area contributed by atoms with E-state index in [1.54, 1.807) is 0 Å². The lowest BCUT2D eigenvalue weighted by atomic mass is 9.99. The van der Waals surface area contributed by atoms with Crippen molar-refractivity contribution in [3.05, 3.63) is 18.7 Å². The van der Waals surface area contributed by atoms with Crippen molar-refractivity contribution in [3.63, 3.8) is 0 Å². The Morgan fingerprint density at radius 3 is 1.80 bits per heavy atom. The average molecular weight is 493 g/mol. The van der Waals surface area contributed by atoms with E-state index in [2.05, 4.69) is 55.6 Å². The van der Waals surface area contributed by atoms with Gasteiger partial charge in [-0.3, -0.25) is 0 Å². The van der Waals surface area contributed by atoms with Gasteiger partial charge >= 0.3 is 0 Å². The lowest BCUT2D eigenvalue weighted by molar-refractivity contribution is -0.703. The van der Waals surface area contributed by atoms with Gasteiger partial charge in [-0.1, -0.05) is 112 Å². The Kier molecular flexibility index (Phi) is 23.5. The molecule has 4 heteroatoms. The van der Waals surface area contributed by atoms with Crippen LogP contribution in [-0.2, 0) is 17.9 Å². The van der Waals surface area contributed by atoms with Gasteiger partial charge in [0.2, 0.25) is 6.33 Å². The summed E-state index contributed by atoms with van der Waals surface area (Å²) in [6.45, 7) is 13.3. The van der Waals surface area contributed by atoms with Gasteiger partial charge in [-0.05, 0) is 50.4 Å². The molecule has 0 bridgehead atoms. The van der Waals surface area contributed by atoms with Crippen LogP contribution in [0.4, 0.5) is 0 Å². The highest BCUT2D eigenvalue weighted by Crippen LogP contribution is 2.13. The van der Waals surface area contributed by atoms with Crippen LogP contribution in [0.1, 0.15) is 150 Å². The molecule has 0 radical (unpaired) electrons. The Morgan fingerprint density at radius 2 is 1.29 bits per heavy atom. The zero-order valence-corrected chi connectivity index (χ0v) is 24.2. The van der Waals surface area contributed by atoms with Crippen molar-refractivity contribution in [2.45, 2.75) is 163 Å². The first-order valence-corrected chi connectivity index (χ1v) is 15.3. The highest BCUT2D eigenvalue weighted by Gasteiger charge is 2.11. The molecule has 0 spiro atoms. The van der Waals surface area contributed by atoms with E-state index >= 15 is 0 Å². The third-order valence-electron chi connectivity index (χ3n) is 7.26. The molecule has 0 aliphatic carbocycles. The molecule has 0 saturated heterocycles. The summed E-state index contributed by atoms with van der Waals surface area (Å²) in [5, 5.41) is 10.3. The molecule has 1 aromatic heterocycles. The van der Waals surface area contributed by atoms with Gasteiger partial charge in [0.25, 0.3) is 0 Å². The molecule has 0 aliphatic rings. The maximum absolute atomic E-state index is 10.3. The van der Waals surface area contributed by atoms with Crippen LogP contribution in [0.15, 0.2) is 18.7 Å². The summed E-state index contributed by atoms with van der Waals surface area (Å²) < 4.78 is 4.79. The van der Waals surface area contributed by atoms with Crippen LogP contribution in [0.25, 0.3) is 0 Å². The number of carboxylic acids is 1. The largest absolute Gasteiger partial charge is 0.550 e. The summed E-state index contributed by atoms with van der Waals surface area (Å²) in [5.74, 6) is -0.269. The molecule has 0 saturated carbocycles. The van der Waals surface area contributed by atoms with Gasteiger partial charge in [0.1, 0.15) is 12.4 Å². The van der Waals surface area contributed by atoms with Gasteiger partial charge in [0.15, 0.2) is 0 Å². The van der Waals surface area contributed by atoms with E-state index in [1.165, 1.54) is 103 Å². The molecule has 0 amide bonds. The second kappa shape index (κ2) is 24.4. The van der Waals surface area contributed by atoms with Crippen molar-refractivity contribution < 1.29 is 14.5 Å². The Balaban J connectivity index is 0.000000972.